The van der Waals surface area contributed by atoms with Crippen LogP contribution in [-0.4, -0.2) is 26.0 Å². The second-order valence-electron chi connectivity index (χ2n) is 4.25. The van der Waals surface area contributed by atoms with Gasteiger partial charge in [-0.1, -0.05) is 37.3 Å². The maximum Gasteiger partial charge on any atom is 0.153 e. The fourth-order valence-electron chi connectivity index (χ4n) is 2.42. The van der Waals surface area contributed by atoms with Gasteiger partial charge in [-0.25, -0.2) is 8.42 Å². The largest absolute Gasteiger partial charge is 0.330 e. The van der Waals surface area contributed by atoms with Crippen LogP contribution in [-0.2, 0) is 9.84 Å². The quantitative estimate of drug-likeness (QED) is 0.857. The lowest BCUT2D eigenvalue weighted by Crippen LogP contribution is -2.15. The van der Waals surface area contributed by atoms with E-state index < -0.39 is 9.84 Å². The fourth-order valence-corrected chi connectivity index (χ4v) is 4.33. The predicted octanol–water partition coefficient (Wildman–Crippen LogP) is 1.16. The van der Waals surface area contributed by atoms with Crippen LogP contribution < -0.4 is 5.73 Å². The molecule has 2 N–H and O–H groups in total. The molecular formula is C12H17NO2S. The van der Waals surface area contributed by atoms with E-state index in [2.05, 4.69) is 0 Å². The molecule has 0 radical (unpaired) electrons. The van der Waals surface area contributed by atoms with E-state index in [0.717, 1.165) is 5.56 Å². The summed E-state index contributed by atoms with van der Waals surface area (Å²) in [5.41, 5.74) is 6.74. The second kappa shape index (κ2) is 4.18. The lowest BCUT2D eigenvalue weighted by Gasteiger charge is -2.00. The van der Waals surface area contributed by atoms with E-state index in [4.69, 9.17) is 5.73 Å². The van der Waals surface area contributed by atoms with Gasteiger partial charge in [0.15, 0.2) is 9.84 Å². The minimum absolute atomic E-state index is 0.104. The molecule has 3 nitrogen and oxygen atoms in total. The third kappa shape index (κ3) is 1.87. The monoisotopic (exact) mass is 239 g/mol. The summed E-state index contributed by atoms with van der Waals surface area (Å²) in [6.45, 7) is 2.15. The van der Waals surface area contributed by atoms with Gasteiger partial charge in [0.1, 0.15) is 0 Å². The van der Waals surface area contributed by atoms with Crippen LogP contribution in [0, 0.1) is 5.92 Å². The molecule has 4 heteroatoms. The standard InChI is InChI=1S/C12H17NO2S/c1-2-16(14,15)12-10(8-13)11(12)9-6-4-3-5-7-9/h3-7,10-12H,2,8,13H2,1H3/t10-,11-,12+/m0/s1. The van der Waals surface area contributed by atoms with Crippen molar-refractivity contribution in [3.05, 3.63) is 35.9 Å². The van der Waals surface area contributed by atoms with E-state index in [-0.39, 0.29) is 22.8 Å². The van der Waals surface area contributed by atoms with E-state index in [0.29, 0.717) is 6.54 Å². The predicted molar refractivity (Wildman–Crippen MR) is 65.0 cm³/mol. The lowest BCUT2D eigenvalue weighted by molar-refractivity contribution is 0.593. The van der Waals surface area contributed by atoms with E-state index >= 15 is 0 Å². The average molecular weight is 239 g/mol. The van der Waals surface area contributed by atoms with Gasteiger partial charge in [-0.3, -0.25) is 0 Å². The number of sulfone groups is 1. The molecule has 1 fully saturated rings. The second-order valence-corrected chi connectivity index (χ2v) is 6.70. The van der Waals surface area contributed by atoms with Gasteiger partial charge < -0.3 is 5.73 Å². The summed E-state index contributed by atoms with van der Waals surface area (Å²) in [4.78, 5) is 0. The smallest absolute Gasteiger partial charge is 0.153 e. The van der Waals surface area contributed by atoms with Gasteiger partial charge in [0.25, 0.3) is 0 Å². The molecule has 88 valence electrons. The zero-order valence-electron chi connectivity index (χ0n) is 9.34. The van der Waals surface area contributed by atoms with Crippen molar-refractivity contribution in [1.82, 2.24) is 0 Å². The van der Waals surface area contributed by atoms with E-state index in [1.807, 2.05) is 30.3 Å². The van der Waals surface area contributed by atoms with Crippen LogP contribution in [0.3, 0.4) is 0 Å². The number of nitrogens with two attached hydrogens (primary N) is 1. The van der Waals surface area contributed by atoms with Gasteiger partial charge in [0.05, 0.1) is 5.25 Å². The third-order valence-electron chi connectivity index (χ3n) is 3.37. The maximum atomic E-state index is 11.9. The average Bonchev–Trinajstić information content (AvgIpc) is 3.05. The first-order valence-electron chi connectivity index (χ1n) is 5.58. The lowest BCUT2D eigenvalue weighted by atomic mass is 10.1. The Bertz CT molecular complexity index is 455. The molecule has 0 amide bonds. The minimum Gasteiger partial charge on any atom is -0.330 e. The number of hydrogen-bond donors (Lipinski definition) is 1. The fraction of sp³-hybridized carbons (Fsp3) is 0.500. The zero-order chi connectivity index (χ0) is 11.8. The highest BCUT2D eigenvalue weighted by Gasteiger charge is 2.56. The molecule has 1 aliphatic carbocycles. The molecule has 0 aromatic heterocycles. The van der Waals surface area contributed by atoms with Crippen LogP contribution in [0.1, 0.15) is 18.4 Å². The van der Waals surface area contributed by atoms with Crippen molar-refractivity contribution in [2.75, 3.05) is 12.3 Å². The van der Waals surface area contributed by atoms with Gasteiger partial charge in [-0.2, -0.15) is 0 Å². The molecule has 0 unspecified atom stereocenters. The summed E-state index contributed by atoms with van der Waals surface area (Å²) >= 11 is 0. The van der Waals surface area contributed by atoms with Crippen LogP contribution in [0.2, 0.25) is 0 Å². The molecule has 0 saturated heterocycles. The molecule has 1 aromatic rings. The van der Waals surface area contributed by atoms with Gasteiger partial charge in [-0.05, 0) is 18.0 Å². The van der Waals surface area contributed by atoms with Crippen molar-refractivity contribution in [2.24, 2.45) is 11.7 Å². The highest BCUT2D eigenvalue weighted by molar-refractivity contribution is 7.92. The summed E-state index contributed by atoms with van der Waals surface area (Å²) in [7, 11) is -2.96. The Balaban J connectivity index is 2.26. The molecular weight excluding hydrogens is 222 g/mol. The third-order valence-corrected chi connectivity index (χ3v) is 5.65. The van der Waals surface area contributed by atoms with Crippen molar-refractivity contribution in [3.63, 3.8) is 0 Å². The van der Waals surface area contributed by atoms with Crippen LogP contribution in [0.4, 0.5) is 0 Å². The molecule has 1 saturated carbocycles. The van der Waals surface area contributed by atoms with E-state index in [1.165, 1.54) is 0 Å². The number of benzene rings is 1. The van der Waals surface area contributed by atoms with E-state index in [1.54, 1.807) is 6.92 Å². The molecule has 1 aliphatic rings. The molecule has 0 spiro atoms. The minimum atomic E-state index is -2.96. The van der Waals surface area contributed by atoms with Crippen molar-refractivity contribution >= 4 is 9.84 Å². The Morgan fingerprint density at radius 1 is 1.25 bits per heavy atom. The van der Waals surface area contributed by atoms with Gasteiger partial charge >= 0.3 is 0 Å². The first-order chi connectivity index (χ1) is 7.61. The SMILES string of the molecule is CCS(=O)(=O)[C@@H]1[C@@H](CN)[C@@H]1c1ccccc1. The van der Waals surface area contributed by atoms with Gasteiger partial charge in [0, 0.05) is 11.7 Å². The Kier molecular flexibility index (Phi) is 3.04. The summed E-state index contributed by atoms with van der Waals surface area (Å²) in [6.07, 6.45) is 0. The Labute approximate surface area is 96.6 Å². The topological polar surface area (TPSA) is 60.2 Å². The zero-order valence-corrected chi connectivity index (χ0v) is 10.2. The molecule has 16 heavy (non-hydrogen) atoms. The summed E-state index contributed by atoms with van der Waals surface area (Å²) in [5.74, 6) is 0.417. The van der Waals surface area contributed by atoms with Crippen LogP contribution in [0.15, 0.2) is 30.3 Å². The van der Waals surface area contributed by atoms with Gasteiger partial charge in [-0.15, -0.1) is 0 Å². The van der Waals surface area contributed by atoms with Crippen molar-refractivity contribution in [2.45, 2.75) is 18.1 Å². The van der Waals surface area contributed by atoms with E-state index in [9.17, 15) is 8.42 Å². The maximum absolute atomic E-state index is 11.9. The van der Waals surface area contributed by atoms with Crippen LogP contribution in [0.25, 0.3) is 0 Å². The van der Waals surface area contributed by atoms with Crippen LogP contribution >= 0.6 is 0 Å². The Hall–Kier alpha value is -0.870. The molecule has 0 bridgehead atoms. The molecule has 2 rings (SSSR count). The van der Waals surface area contributed by atoms with Crippen LogP contribution in [0.5, 0.6) is 0 Å². The molecule has 3 atom stereocenters. The highest BCUT2D eigenvalue weighted by atomic mass is 32.2. The molecule has 1 aromatic carbocycles. The number of hydrogen-bond acceptors (Lipinski definition) is 3. The Morgan fingerprint density at radius 2 is 1.88 bits per heavy atom. The van der Waals surface area contributed by atoms with Crippen molar-refractivity contribution in [1.29, 1.82) is 0 Å². The summed E-state index contributed by atoms with van der Waals surface area (Å²) in [5, 5.41) is -0.259. The molecule has 0 aliphatic heterocycles. The highest BCUT2D eigenvalue weighted by Crippen LogP contribution is 2.51. The van der Waals surface area contributed by atoms with Crippen molar-refractivity contribution < 1.29 is 8.42 Å². The summed E-state index contributed by atoms with van der Waals surface area (Å²) in [6, 6.07) is 9.79. The van der Waals surface area contributed by atoms with Gasteiger partial charge in [0.2, 0.25) is 0 Å². The number of rotatable bonds is 4. The first-order valence-corrected chi connectivity index (χ1v) is 7.30. The van der Waals surface area contributed by atoms with Crippen molar-refractivity contribution in [3.8, 4) is 0 Å². The molecule has 0 heterocycles. The Morgan fingerprint density at radius 3 is 2.38 bits per heavy atom. The normalized spacial score (nSPS) is 29.0. The summed E-state index contributed by atoms with van der Waals surface area (Å²) < 4.78 is 23.7. The first kappa shape index (κ1) is 11.6.